The summed E-state index contributed by atoms with van der Waals surface area (Å²) in [6.07, 6.45) is -1.90. The molecule has 0 radical (unpaired) electrons. The zero-order valence-corrected chi connectivity index (χ0v) is 7.19. The van der Waals surface area contributed by atoms with Crippen LogP contribution >= 0.6 is 0 Å². The van der Waals surface area contributed by atoms with E-state index in [0.717, 1.165) is 12.8 Å². The van der Waals surface area contributed by atoms with Crippen LogP contribution in [-0.4, -0.2) is 30.2 Å². The van der Waals surface area contributed by atoms with E-state index in [0.29, 0.717) is 13.1 Å². The van der Waals surface area contributed by atoms with Crippen molar-refractivity contribution >= 4 is 0 Å². The molecule has 1 rings (SSSR count). The lowest BCUT2D eigenvalue weighted by atomic mass is 10.0. The molecule has 12 heavy (non-hydrogen) atoms. The smallest absolute Gasteiger partial charge is 0.292 e. The van der Waals surface area contributed by atoms with Crippen LogP contribution in [0, 0.1) is 0 Å². The van der Waals surface area contributed by atoms with Gasteiger partial charge in [0.15, 0.2) is 0 Å². The summed E-state index contributed by atoms with van der Waals surface area (Å²) in [5.41, 5.74) is 0. The van der Waals surface area contributed by atoms with Crippen molar-refractivity contribution in [2.75, 3.05) is 13.1 Å². The molecule has 1 nitrogen and oxygen atoms in total. The molecule has 4 heteroatoms. The summed E-state index contributed by atoms with van der Waals surface area (Å²) < 4.78 is 36.4. The van der Waals surface area contributed by atoms with Gasteiger partial charge >= 0.3 is 6.18 Å². The van der Waals surface area contributed by atoms with Gasteiger partial charge in [-0.05, 0) is 19.4 Å². The van der Waals surface area contributed by atoms with Gasteiger partial charge in [0.2, 0.25) is 0 Å². The third-order valence-electron chi connectivity index (χ3n) is 2.31. The Labute approximate surface area is 70.5 Å². The van der Waals surface area contributed by atoms with Crippen LogP contribution in [0.1, 0.15) is 26.2 Å². The first-order valence-electron chi connectivity index (χ1n) is 4.36. The van der Waals surface area contributed by atoms with Crippen LogP contribution in [0.2, 0.25) is 0 Å². The van der Waals surface area contributed by atoms with Gasteiger partial charge in [0, 0.05) is 6.54 Å². The second kappa shape index (κ2) is 3.64. The molecule has 0 aliphatic carbocycles. The molecule has 0 saturated carbocycles. The molecule has 1 aliphatic heterocycles. The molecular formula is C8H14F3N. The standard InChI is InChI=1S/C8H14F3N/c1-2-3-5-12-6-4-7(12)8(9,10)11/h7H,2-6H2,1H3/t7-/m0/s1. The number of hydrogen-bond acceptors (Lipinski definition) is 1. The second-order valence-corrected chi connectivity index (χ2v) is 3.24. The lowest BCUT2D eigenvalue weighted by molar-refractivity contribution is -0.210. The van der Waals surface area contributed by atoms with Gasteiger partial charge in [0.25, 0.3) is 0 Å². The molecule has 72 valence electrons. The third-order valence-corrected chi connectivity index (χ3v) is 2.31. The fraction of sp³-hybridized carbons (Fsp3) is 1.00. The van der Waals surface area contributed by atoms with E-state index in [-0.39, 0.29) is 6.42 Å². The molecule has 0 N–H and O–H groups in total. The summed E-state index contributed by atoms with van der Waals surface area (Å²) in [4.78, 5) is 1.52. The quantitative estimate of drug-likeness (QED) is 0.646. The van der Waals surface area contributed by atoms with Crippen molar-refractivity contribution in [3.63, 3.8) is 0 Å². The molecule has 1 fully saturated rings. The number of hydrogen-bond donors (Lipinski definition) is 0. The maximum Gasteiger partial charge on any atom is 0.404 e. The summed E-state index contributed by atoms with van der Waals surface area (Å²) in [5.74, 6) is 0. The van der Waals surface area contributed by atoms with Gasteiger partial charge in [0.1, 0.15) is 6.04 Å². The van der Waals surface area contributed by atoms with Crippen molar-refractivity contribution in [2.45, 2.75) is 38.4 Å². The molecule has 1 heterocycles. The minimum absolute atomic E-state index is 0.285. The van der Waals surface area contributed by atoms with Crippen LogP contribution in [0.3, 0.4) is 0 Å². The molecule has 0 aromatic heterocycles. The van der Waals surface area contributed by atoms with Gasteiger partial charge < -0.3 is 0 Å². The van der Waals surface area contributed by atoms with Gasteiger partial charge in [-0.1, -0.05) is 13.3 Å². The predicted octanol–water partition coefficient (Wildman–Crippen LogP) is 2.42. The monoisotopic (exact) mass is 181 g/mol. The molecule has 0 spiro atoms. The maximum absolute atomic E-state index is 12.1. The van der Waals surface area contributed by atoms with E-state index in [4.69, 9.17) is 0 Å². The number of nitrogens with zero attached hydrogens (tertiary/aromatic N) is 1. The van der Waals surface area contributed by atoms with Gasteiger partial charge in [-0.15, -0.1) is 0 Å². The van der Waals surface area contributed by atoms with Crippen LogP contribution in [0.4, 0.5) is 13.2 Å². The SMILES string of the molecule is CCCCN1CC[C@H]1C(F)(F)F. The summed E-state index contributed by atoms with van der Waals surface area (Å²) in [6, 6.07) is -1.15. The van der Waals surface area contributed by atoms with E-state index >= 15 is 0 Å². The molecule has 1 atom stereocenters. The van der Waals surface area contributed by atoms with Crippen LogP contribution in [-0.2, 0) is 0 Å². The van der Waals surface area contributed by atoms with Gasteiger partial charge in [-0.3, -0.25) is 4.90 Å². The third kappa shape index (κ3) is 2.12. The summed E-state index contributed by atoms with van der Waals surface area (Å²) in [7, 11) is 0. The first-order valence-corrected chi connectivity index (χ1v) is 4.36. The summed E-state index contributed by atoms with van der Waals surface area (Å²) in [5, 5.41) is 0. The van der Waals surface area contributed by atoms with Crippen molar-refractivity contribution in [3.05, 3.63) is 0 Å². The molecular weight excluding hydrogens is 167 g/mol. The molecule has 1 saturated heterocycles. The summed E-state index contributed by atoms with van der Waals surface area (Å²) >= 11 is 0. The molecule has 0 aromatic carbocycles. The molecule has 0 bridgehead atoms. The van der Waals surface area contributed by atoms with E-state index in [1.807, 2.05) is 6.92 Å². The molecule has 0 amide bonds. The highest BCUT2D eigenvalue weighted by atomic mass is 19.4. The van der Waals surface area contributed by atoms with E-state index in [9.17, 15) is 13.2 Å². The van der Waals surface area contributed by atoms with Crippen molar-refractivity contribution in [1.82, 2.24) is 4.90 Å². The van der Waals surface area contributed by atoms with E-state index in [2.05, 4.69) is 0 Å². The van der Waals surface area contributed by atoms with Crippen LogP contribution in [0.15, 0.2) is 0 Å². The Morgan fingerprint density at radius 1 is 1.42 bits per heavy atom. The Bertz CT molecular complexity index is 144. The highest BCUT2D eigenvalue weighted by Crippen LogP contribution is 2.33. The van der Waals surface area contributed by atoms with Crippen molar-refractivity contribution in [1.29, 1.82) is 0 Å². The normalized spacial score (nSPS) is 25.5. The topological polar surface area (TPSA) is 3.24 Å². The number of alkyl halides is 3. The number of rotatable bonds is 3. The van der Waals surface area contributed by atoms with Crippen molar-refractivity contribution in [2.24, 2.45) is 0 Å². The van der Waals surface area contributed by atoms with Gasteiger partial charge in [0.05, 0.1) is 0 Å². The van der Waals surface area contributed by atoms with Crippen molar-refractivity contribution < 1.29 is 13.2 Å². The van der Waals surface area contributed by atoms with E-state index < -0.39 is 12.2 Å². The lowest BCUT2D eigenvalue weighted by Gasteiger charge is -2.41. The van der Waals surface area contributed by atoms with Gasteiger partial charge in [-0.25, -0.2) is 0 Å². The number of halogens is 3. The van der Waals surface area contributed by atoms with E-state index in [1.165, 1.54) is 4.90 Å². The molecule has 0 unspecified atom stereocenters. The Kier molecular flexibility index (Phi) is 2.99. The zero-order chi connectivity index (χ0) is 9.19. The first kappa shape index (κ1) is 9.84. The molecule has 0 aromatic rings. The minimum Gasteiger partial charge on any atom is -0.292 e. The average Bonchev–Trinajstić information content (AvgIpc) is 1.82. The molecule has 1 aliphatic rings. The maximum atomic E-state index is 12.1. The van der Waals surface area contributed by atoms with Crippen LogP contribution < -0.4 is 0 Å². The van der Waals surface area contributed by atoms with Crippen LogP contribution in [0.5, 0.6) is 0 Å². The Morgan fingerprint density at radius 3 is 2.42 bits per heavy atom. The number of likely N-dealkylation sites (tertiary alicyclic amines) is 1. The first-order chi connectivity index (χ1) is 5.55. The Morgan fingerprint density at radius 2 is 2.08 bits per heavy atom. The Hall–Kier alpha value is -0.250. The van der Waals surface area contributed by atoms with E-state index in [1.54, 1.807) is 0 Å². The largest absolute Gasteiger partial charge is 0.404 e. The minimum atomic E-state index is -4.01. The van der Waals surface area contributed by atoms with Gasteiger partial charge in [-0.2, -0.15) is 13.2 Å². The van der Waals surface area contributed by atoms with Crippen molar-refractivity contribution in [3.8, 4) is 0 Å². The highest BCUT2D eigenvalue weighted by molar-refractivity contribution is 4.87. The zero-order valence-electron chi connectivity index (χ0n) is 7.19. The fourth-order valence-corrected chi connectivity index (χ4v) is 1.44. The lowest BCUT2D eigenvalue weighted by Crippen LogP contribution is -2.55. The van der Waals surface area contributed by atoms with Crippen LogP contribution in [0.25, 0.3) is 0 Å². The highest BCUT2D eigenvalue weighted by Gasteiger charge is 2.47. The summed E-state index contributed by atoms with van der Waals surface area (Å²) in [6.45, 7) is 3.20. The average molecular weight is 181 g/mol. The number of unbranched alkanes of at least 4 members (excludes halogenated alkanes) is 1. The predicted molar refractivity (Wildman–Crippen MR) is 40.9 cm³/mol. The Balaban J connectivity index is 2.29. The fourth-order valence-electron chi connectivity index (χ4n) is 1.44. The second-order valence-electron chi connectivity index (χ2n) is 3.24.